The van der Waals surface area contributed by atoms with E-state index in [1.54, 1.807) is 25.7 Å². The van der Waals surface area contributed by atoms with E-state index in [2.05, 4.69) is 5.16 Å². The molecular weight excluding hydrogens is 260 g/mol. The molecule has 2 atom stereocenters. The first-order valence-electron chi connectivity index (χ1n) is 6.71. The van der Waals surface area contributed by atoms with Crippen LogP contribution in [-0.4, -0.2) is 40.1 Å². The van der Waals surface area contributed by atoms with Crippen molar-refractivity contribution in [3.8, 4) is 0 Å². The Labute approximate surface area is 117 Å². The molecule has 1 fully saturated rings. The SMILES string of the molecule is Cc1noc(C)c1[C@H](C)C(=O)N1CC[C@@](C)(C(=O)O)C1. The van der Waals surface area contributed by atoms with Crippen LogP contribution in [0, 0.1) is 19.3 Å². The number of amides is 1. The van der Waals surface area contributed by atoms with Gasteiger partial charge in [-0.1, -0.05) is 5.16 Å². The van der Waals surface area contributed by atoms with Gasteiger partial charge in [0.15, 0.2) is 0 Å². The maximum absolute atomic E-state index is 12.5. The molecule has 1 aliphatic heterocycles. The average molecular weight is 280 g/mol. The number of aliphatic carboxylic acids is 1. The maximum Gasteiger partial charge on any atom is 0.311 e. The summed E-state index contributed by atoms with van der Waals surface area (Å²) in [6.07, 6.45) is 0.488. The van der Waals surface area contributed by atoms with Gasteiger partial charge >= 0.3 is 5.97 Å². The van der Waals surface area contributed by atoms with Crippen LogP contribution in [0.25, 0.3) is 0 Å². The third-order valence-corrected chi connectivity index (χ3v) is 4.19. The van der Waals surface area contributed by atoms with E-state index in [1.165, 1.54) is 0 Å². The second-order valence-corrected chi connectivity index (χ2v) is 5.84. The fourth-order valence-corrected chi connectivity index (χ4v) is 2.83. The number of aryl methyl sites for hydroxylation is 2. The Kier molecular flexibility index (Phi) is 3.58. The van der Waals surface area contributed by atoms with Gasteiger partial charge in [0, 0.05) is 18.7 Å². The lowest BCUT2D eigenvalue weighted by Crippen LogP contribution is -2.37. The zero-order chi connectivity index (χ0) is 15.1. The van der Waals surface area contributed by atoms with Gasteiger partial charge in [0.25, 0.3) is 0 Å². The number of carbonyl (C=O) groups is 2. The highest BCUT2D eigenvalue weighted by Crippen LogP contribution is 2.33. The summed E-state index contributed by atoms with van der Waals surface area (Å²) in [6, 6.07) is 0. The molecule has 0 unspecified atom stereocenters. The lowest BCUT2D eigenvalue weighted by Gasteiger charge is -2.23. The zero-order valence-electron chi connectivity index (χ0n) is 12.3. The van der Waals surface area contributed by atoms with Crippen LogP contribution in [0.15, 0.2) is 4.52 Å². The number of carbonyl (C=O) groups excluding carboxylic acids is 1. The minimum Gasteiger partial charge on any atom is -0.481 e. The van der Waals surface area contributed by atoms with Gasteiger partial charge in [-0.15, -0.1) is 0 Å². The Bertz CT molecular complexity index is 532. The molecule has 0 spiro atoms. The molecule has 110 valence electrons. The highest BCUT2D eigenvalue weighted by molar-refractivity contribution is 5.85. The van der Waals surface area contributed by atoms with Crippen molar-refractivity contribution in [3.05, 3.63) is 17.0 Å². The van der Waals surface area contributed by atoms with E-state index in [1.807, 2.05) is 6.92 Å². The number of rotatable bonds is 3. The van der Waals surface area contributed by atoms with Gasteiger partial charge in [0.2, 0.25) is 5.91 Å². The quantitative estimate of drug-likeness (QED) is 0.911. The first kappa shape index (κ1) is 14.6. The molecule has 1 saturated heterocycles. The first-order valence-corrected chi connectivity index (χ1v) is 6.71. The van der Waals surface area contributed by atoms with Gasteiger partial charge in [-0.05, 0) is 34.1 Å². The van der Waals surface area contributed by atoms with Crippen molar-refractivity contribution in [2.75, 3.05) is 13.1 Å². The number of carboxylic acid groups (broad SMARTS) is 1. The highest BCUT2D eigenvalue weighted by Gasteiger charge is 2.43. The van der Waals surface area contributed by atoms with E-state index in [9.17, 15) is 14.7 Å². The standard InChI is InChI=1S/C14H20N2O4/c1-8(11-9(2)15-20-10(11)3)12(17)16-6-5-14(4,7-16)13(18)19/h8H,5-7H2,1-4H3,(H,18,19)/t8-,14+/m0/s1. The second-order valence-electron chi connectivity index (χ2n) is 5.84. The summed E-state index contributed by atoms with van der Waals surface area (Å²) in [7, 11) is 0. The molecular formula is C14H20N2O4. The summed E-state index contributed by atoms with van der Waals surface area (Å²) in [5.74, 6) is -0.636. The molecule has 6 nitrogen and oxygen atoms in total. The van der Waals surface area contributed by atoms with Gasteiger partial charge in [0.1, 0.15) is 5.76 Å². The van der Waals surface area contributed by atoms with E-state index in [0.29, 0.717) is 24.4 Å². The molecule has 0 saturated carbocycles. The molecule has 2 rings (SSSR count). The molecule has 0 aromatic carbocycles. The van der Waals surface area contributed by atoms with Gasteiger partial charge in [-0.25, -0.2) is 0 Å². The predicted octanol–water partition coefficient (Wildman–Crippen LogP) is 1.72. The number of aromatic nitrogens is 1. The molecule has 1 N–H and O–H groups in total. The summed E-state index contributed by atoms with van der Waals surface area (Å²) < 4.78 is 5.09. The number of hydrogen-bond acceptors (Lipinski definition) is 4. The molecule has 2 heterocycles. The fraction of sp³-hybridized carbons (Fsp3) is 0.643. The van der Waals surface area contributed by atoms with Crippen molar-refractivity contribution in [3.63, 3.8) is 0 Å². The van der Waals surface area contributed by atoms with Crippen molar-refractivity contribution in [2.45, 2.75) is 40.0 Å². The van der Waals surface area contributed by atoms with Crippen LogP contribution in [0.5, 0.6) is 0 Å². The molecule has 1 amide bonds. The topological polar surface area (TPSA) is 83.6 Å². The van der Waals surface area contributed by atoms with Crippen LogP contribution in [0.2, 0.25) is 0 Å². The minimum absolute atomic E-state index is 0.0654. The number of likely N-dealkylation sites (tertiary alicyclic amines) is 1. The number of hydrogen-bond donors (Lipinski definition) is 1. The summed E-state index contributed by atoms with van der Waals surface area (Å²) in [4.78, 5) is 25.4. The van der Waals surface area contributed by atoms with Gasteiger partial charge < -0.3 is 14.5 Å². The fourth-order valence-electron chi connectivity index (χ4n) is 2.83. The Morgan fingerprint density at radius 2 is 2.10 bits per heavy atom. The van der Waals surface area contributed by atoms with Crippen molar-refractivity contribution < 1.29 is 19.2 Å². The molecule has 0 radical (unpaired) electrons. The van der Waals surface area contributed by atoms with E-state index >= 15 is 0 Å². The third kappa shape index (κ3) is 2.30. The van der Waals surface area contributed by atoms with Gasteiger partial charge in [-0.3, -0.25) is 9.59 Å². The van der Waals surface area contributed by atoms with E-state index in [0.717, 1.165) is 5.56 Å². The summed E-state index contributed by atoms with van der Waals surface area (Å²) in [6.45, 7) is 7.82. The van der Waals surface area contributed by atoms with Crippen LogP contribution in [0.1, 0.15) is 43.2 Å². The summed E-state index contributed by atoms with van der Waals surface area (Å²) in [5.41, 5.74) is 0.677. The van der Waals surface area contributed by atoms with Crippen LogP contribution in [0.3, 0.4) is 0 Å². The molecule has 0 bridgehead atoms. The van der Waals surface area contributed by atoms with Crippen LogP contribution < -0.4 is 0 Å². The van der Waals surface area contributed by atoms with E-state index in [-0.39, 0.29) is 18.4 Å². The van der Waals surface area contributed by atoms with E-state index in [4.69, 9.17) is 4.52 Å². The molecule has 1 aromatic rings. The number of nitrogens with zero attached hydrogens (tertiary/aromatic N) is 2. The normalized spacial score (nSPS) is 23.9. The first-order chi connectivity index (χ1) is 9.26. The minimum atomic E-state index is -0.849. The Morgan fingerprint density at radius 1 is 1.45 bits per heavy atom. The lowest BCUT2D eigenvalue weighted by atomic mass is 9.90. The van der Waals surface area contributed by atoms with Gasteiger partial charge in [-0.2, -0.15) is 0 Å². The Morgan fingerprint density at radius 3 is 2.55 bits per heavy atom. The predicted molar refractivity (Wildman–Crippen MR) is 71.3 cm³/mol. The molecule has 1 aromatic heterocycles. The van der Waals surface area contributed by atoms with Crippen LogP contribution in [-0.2, 0) is 9.59 Å². The zero-order valence-corrected chi connectivity index (χ0v) is 12.3. The van der Waals surface area contributed by atoms with Crippen molar-refractivity contribution in [1.29, 1.82) is 0 Å². The molecule has 0 aliphatic carbocycles. The monoisotopic (exact) mass is 280 g/mol. The molecule has 1 aliphatic rings. The van der Waals surface area contributed by atoms with Crippen molar-refractivity contribution in [1.82, 2.24) is 10.1 Å². The Hall–Kier alpha value is -1.85. The highest BCUT2D eigenvalue weighted by atomic mass is 16.5. The largest absolute Gasteiger partial charge is 0.481 e. The smallest absolute Gasteiger partial charge is 0.311 e. The summed E-state index contributed by atoms with van der Waals surface area (Å²) in [5, 5.41) is 13.1. The maximum atomic E-state index is 12.5. The van der Waals surface area contributed by atoms with E-state index < -0.39 is 11.4 Å². The Balaban J connectivity index is 2.16. The van der Waals surface area contributed by atoms with Crippen molar-refractivity contribution >= 4 is 11.9 Å². The average Bonchev–Trinajstić information content (AvgIpc) is 2.93. The molecule has 6 heteroatoms. The summed E-state index contributed by atoms with van der Waals surface area (Å²) >= 11 is 0. The second kappa shape index (κ2) is 4.92. The van der Waals surface area contributed by atoms with Crippen LogP contribution in [0.4, 0.5) is 0 Å². The van der Waals surface area contributed by atoms with Crippen molar-refractivity contribution in [2.24, 2.45) is 5.41 Å². The number of carboxylic acids is 1. The van der Waals surface area contributed by atoms with Crippen LogP contribution >= 0.6 is 0 Å². The van der Waals surface area contributed by atoms with Gasteiger partial charge in [0.05, 0.1) is 17.0 Å². The lowest BCUT2D eigenvalue weighted by molar-refractivity contribution is -0.147. The molecule has 20 heavy (non-hydrogen) atoms. The third-order valence-electron chi connectivity index (χ3n) is 4.19.